The summed E-state index contributed by atoms with van der Waals surface area (Å²) in [5, 5.41) is 11.8. The first-order chi connectivity index (χ1) is 20.5. The van der Waals surface area contributed by atoms with Crippen LogP contribution in [-0.2, 0) is 13.5 Å². The number of hydrogen-bond donors (Lipinski definition) is 1. The largest absolute Gasteiger partial charge is 0.496 e. The van der Waals surface area contributed by atoms with E-state index in [0.717, 1.165) is 76.3 Å². The first kappa shape index (κ1) is 28.7. The molecule has 3 aromatic carbocycles. The number of rotatable bonds is 9. The molecule has 9 heteroatoms. The molecule has 0 unspecified atom stereocenters. The molecule has 0 fully saturated rings. The SMILES string of the molecule is CC.COc1ccccc1C(=O)NCCCCCc1nc2cc(-c3nc4ccccc4n3C)ccc2n2c(C)nnc12.[HH]. The van der Waals surface area contributed by atoms with Gasteiger partial charge in [-0.25, -0.2) is 9.97 Å². The summed E-state index contributed by atoms with van der Waals surface area (Å²) in [5.74, 6) is 2.19. The summed E-state index contributed by atoms with van der Waals surface area (Å²) < 4.78 is 9.50. The fraction of sp³-hybridized carbons (Fsp3) is 0.303. The van der Waals surface area contributed by atoms with Gasteiger partial charge in [-0.1, -0.05) is 44.5 Å². The van der Waals surface area contributed by atoms with Gasteiger partial charge in [0.15, 0.2) is 5.65 Å². The summed E-state index contributed by atoms with van der Waals surface area (Å²) in [7, 11) is 3.61. The van der Waals surface area contributed by atoms with Gasteiger partial charge in [0.25, 0.3) is 5.91 Å². The number of nitrogens with zero attached hydrogens (tertiary/aromatic N) is 6. The fourth-order valence-electron chi connectivity index (χ4n) is 5.27. The van der Waals surface area contributed by atoms with E-state index in [0.29, 0.717) is 17.9 Å². The third-order valence-corrected chi connectivity index (χ3v) is 7.33. The molecule has 0 saturated carbocycles. The number of imidazole rings is 1. The molecule has 1 amide bonds. The van der Waals surface area contributed by atoms with E-state index >= 15 is 0 Å². The molecule has 218 valence electrons. The predicted octanol–water partition coefficient (Wildman–Crippen LogP) is 6.56. The molecular formula is C33H39N7O2. The average Bonchev–Trinajstić information content (AvgIpc) is 3.59. The molecule has 42 heavy (non-hydrogen) atoms. The summed E-state index contributed by atoms with van der Waals surface area (Å²) >= 11 is 0. The van der Waals surface area contributed by atoms with Gasteiger partial charge in [-0.15, -0.1) is 10.2 Å². The molecule has 3 heterocycles. The molecule has 0 spiro atoms. The Morgan fingerprint density at radius 1 is 0.905 bits per heavy atom. The van der Waals surface area contributed by atoms with Crippen LogP contribution in [0.3, 0.4) is 0 Å². The molecule has 0 aliphatic carbocycles. The van der Waals surface area contributed by atoms with Crippen LogP contribution in [0.2, 0.25) is 0 Å². The number of amides is 1. The van der Waals surface area contributed by atoms with Gasteiger partial charge < -0.3 is 14.6 Å². The van der Waals surface area contributed by atoms with E-state index in [1.54, 1.807) is 19.2 Å². The monoisotopic (exact) mass is 565 g/mol. The van der Waals surface area contributed by atoms with Crippen molar-refractivity contribution in [3.8, 4) is 17.1 Å². The fourth-order valence-corrected chi connectivity index (χ4v) is 5.27. The summed E-state index contributed by atoms with van der Waals surface area (Å²) in [6.07, 6.45) is 3.52. The van der Waals surface area contributed by atoms with Gasteiger partial charge in [0.2, 0.25) is 0 Å². The minimum absolute atomic E-state index is 0. The van der Waals surface area contributed by atoms with E-state index in [2.05, 4.69) is 48.7 Å². The number of para-hydroxylation sites is 3. The maximum absolute atomic E-state index is 12.5. The molecule has 9 nitrogen and oxygen atoms in total. The average molecular weight is 566 g/mol. The summed E-state index contributed by atoms with van der Waals surface area (Å²) in [6, 6.07) is 21.7. The van der Waals surface area contributed by atoms with E-state index in [4.69, 9.17) is 14.7 Å². The van der Waals surface area contributed by atoms with Crippen LogP contribution in [0.1, 0.15) is 56.4 Å². The van der Waals surface area contributed by atoms with Crippen molar-refractivity contribution in [1.29, 1.82) is 0 Å². The number of unbranched alkanes of at least 4 members (excludes halogenated alkanes) is 2. The van der Waals surface area contributed by atoms with Crippen LogP contribution in [0.15, 0.2) is 66.7 Å². The smallest absolute Gasteiger partial charge is 0.255 e. The molecule has 0 saturated heterocycles. The lowest BCUT2D eigenvalue weighted by molar-refractivity contribution is 0.0950. The van der Waals surface area contributed by atoms with E-state index in [1.165, 1.54) is 0 Å². The minimum atomic E-state index is -0.120. The van der Waals surface area contributed by atoms with Gasteiger partial charge in [0.1, 0.15) is 17.4 Å². The third kappa shape index (κ3) is 5.54. The zero-order valence-corrected chi connectivity index (χ0v) is 24.9. The second-order valence-electron chi connectivity index (χ2n) is 9.92. The normalized spacial score (nSPS) is 11.1. The number of nitrogens with one attached hydrogen (secondary N) is 1. The lowest BCUT2D eigenvalue weighted by Crippen LogP contribution is -2.24. The number of fused-ring (bicyclic) bond motifs is 4. The Hall–Kier alpha value is -4.79. The number of methoxy groups -OCH3 is 1. The molecule has 0 radical (unpaired) electrons. The van der Waals surface area contributed by atoms with Crippen LogP contribution in [-0.4, -0.2) is 48.7 Å². The van der Waals surface area contributed by atoms with Crippen molar-refractivity contribution >= 4 is 33.6 Å². The van der Waals surface area contributed by atoms with Crippen LogP contribution < -0.4 is 10.1 Å². The zero-order chi connectivity index (χ0) is 29.6. The highest BCUT2D eigenvalue weighted by Gasteiger charge is 2.16. The first-order valence-corrected chi connectivity index (χ1v) is 14.5. The molecule has 6 aromatic rings. The zero-order valence-electron chi connectivity index (χ0n) is 24.9. The van der Waals surface area contributed by atoms with Crippen molar-refractivity contribution in [1.82, 2.24) is 34.4 Å². The Bertz CT molecular complexity index is 1860. The number of carbonyl (C=O) groups is 1. The molecule has 6 rings (SSSR count). The van der Waals surface area contributed by atoms with Gasteiger partial charge >= 0.3 is 0 Å². The van der Waals surface area contributed by atoms with Gasteiger partial charge in [-0.2, -0.15) is 0 Å². The Balaban J connectivity index is 0.00000138. The number of hydrogen-bond acceptors (Lipinski definition) is 6. The number of aromatic nitrogens is 6. The van der Waals surface area contributed by atoms with E-state index in [9.17, 15) is 4.79 Å². The molecule has 0 atom stereocenters. The second-order valence-corrected chi connectivity index (χ2v) is 9.92. The molecule has 0 bridgehead atoms. The quantitative estimate of drug-likeness (QED) is 0.199. The Morgan fingerprint density at radius 2 is 1.69 bits per heavy atom. The molecule has 1 N–H and O–H groups in total. The van der Waals surface area contributed by atoms with Crippen LogP contribution in [0, 0.1) is 6.92 Å². The minimum Gasteiger partial charge on any atom is -0.496 e. The van der Waals surface area contributed by atoms with Crippen molar-refractivity contribution in [2.45, 2.75) is 46.5 Å². The molecule has 0 aliphatic heterocycles. The van der Waals surface area contributed by atoms with Crippen molar-refractivity contribution in [2.75, 3.05) is 13.7 Å². The Morgan fingerprint density at radius 3 is 2.50 bits per heavy atom. The molecule has 0 aliphatic rings. The number of carbonyl (C=O) groups excluding carboxylic acids is 1. The lowest BCUT2D eigenvalue weighted by Gasteiger charge is -2.10. The van der Waals surface area contributed by atoms with E-state index in [1.807, 2.05) is 58.2 Å². The third-order valence-electron chi connectivity index (χ3n) is 7.33. The standard InChI is InChI=1S/C31H31N7O2.C2H6.H2/c1-20-35-36-30-24(13-5-4-10-18-32-31(39)22-11-6-9-15-28(22)40-3)33-25-19-21(16-17-27(25)38(20)30)29-34-23-12-7-8-14-26(23)37(29)2;1-2;/h6-9,11-12,14-17,19H,4-5,10,13,18H2,1-3H3,(H,32,39);1-2H3;1H. The number of benzene rings is 3. The number of ether oxygens (including phenoxy) is 1. The van der Waals surface area contributed by atoms with Crippen LogP contribution >= 0.6 is 0 Å². The topological polar surface area (TPSA) is 99.2 Å². The van der Waals surface area contributed by atoms with Gasteiger partial charge in [0.05, 0.1) is 40.4 Å². The van der Waals surface area contributed by atoms with Gasteiger partial charge in [0, 0.05) is 20.6 Å². The maximum Gasteiger partial charge on any atom is 0.255 e. The summed E-state index contributed by atoms with van der Waals surface area (Å²) in [6.45, 7) is 6.57. The summed E-state index contributed by atoms with van der Waals surface area (Å²) in [4.78, 5) is 22.4. The van der Waals surface area contributed by atoms with Crippen molar-refractivity contribution in [2.24, 2.45) is 7.05 Å². The van der Waals surface area contributed by atoms with Crippen molar-refractivity contribution < 1.29 is 11.0 Å². The van der Waals surface area contributed by atoms with Crippen LogP contribution in [0.5, 0.6) is 5.75 Å². The van der Waals surface area contributed by atoms with Crippen LogP contribution in [0.25, 0.3) is 39.1 Å². The van der Waals surface area contributed by atoms with Gasteiger partial charge in [-0.3, -0.25) is 9.20 Å². The summed E-state index contributed by atoms with van der Waals surface area (Å²) in [5.41, 5.74) is 7.21. The van der Waals surface area contributed by atoms with E-state index < -0.39 is 0 Å². The Kier molecular flexibility index (Phi) is 8.76. The molecular weight excluding hydrogens is 526 g/mol. The lowest BCUT2D eigenvalue weighted by atomic mass is 10.1. The van der Waals surface area contributed by atoms with Crippen LogP contribution in [0.4, 0.5) is 0 Å². The van der Waals surface area contributed by atoms with Gasteiger partial charge in [-0.05, 0) is 68.7 Å². The number of aryl methyl sites for hydroxylation is 3. The maximum atomic E-state index is 12.5. The van der Waals surface area contributed by atoms with E-state index in [-0.39, 0.29) is 7.33 Å². The highest BCUT2D eigenvalue weighted by Crippen LogP contribution is 2.28. The predicted molar refractivity (Wildman–Crippen MR) is 169 cm³/mol. The highest BCUT2D eigenvalue weighted by molar-refractivity contribution is 5.96. The van der Waals surface area contributed by atoms with Crippen molar-refractivity contribution in [3.63, 3.8) is 0 Å². The second kappa shape index (κ2) is 12.8. The molecule has 3 aromatic heterocycles. The Labute approximate surface area is 247 Å². The van der Waals surface area contributed by atoms with Crippen molar-refractivity contribution in [3.05, 3.63) is 83.8 Å². The first-order valence-electron chi connectivity index (χ1n) is 14.5. The highest BCUT2D eigenvalue weighted by atomic mass is 16.5.